The highest BCUT2D eigenvalue weighted by Gasteiger charge is 2.32. The Kier molecular flexibility index (Phi) is 4.94. The van der Waals surface area contributed by atoms with Gasteiger partial charge >= 0.3 is 6.36 Å². The Morgan fingerprint density at radius 1 is 1.39 bits per heavy atom. The molecule has 0 N–H and O–H groups in total. The highest BCUT2D eigenvalue weighted by Crippen LogP contribution is 2.30. The van der Waals surface area contributed by atoms with E-state index in [9.17, 15) is 23.3 Å². The van der Waals surface area contributed by atoms with Crippen LogP contribution in [-0.2, 0) is 6.42 Å². The predicted octanol–water partition coefficient (Wildman–Crippen LogP) is 3.82. The molecule has 4 nitrogen and oxygen atoms in total. The largest absolute Gasteiger partial charge is 0.573 e. The third-order valence-electron chi connectivity index (χ3n) is 2.06. The molecule has 1 aromatic rings. The number of hydrogen-bond donors (Lipinski definition) is 0. The Hall–Kier alpha value is -1.31. The standard InChI is InChI=1S/C10H9BrF3NO3/c11-5-1-2-7-6-8(15(16)17)3-4-9(7)18-10(12,13)14/h3-4,6H,1-2,5H2. The lowest BCUT2D eigenvalue weighted by atomic mass is 10.1. The van der Waals surface area contributed by atoms with E-state index in [-0.39, 0.29) is 17.7 Å². The van der Waals surface area contributed by atoms with Gasteiger partial charge in [0.1, 0.15) is 5.75 Å². The molecule has 0 atom stereocenters. The van der Waals surface area contributed by atoms with Gasteiger partial charge in [0.15, 0.2) is 0 Å². The summed E-state index contributed by atoms with van der Waals surface area (Å²) in [7, 11) is 0. The number of nitro benzene ring substituents is 1. The second-order valence-electron chi connectivity index (χ2n) is 3.39. The van der Waals surface area contributed by atoms with Crippen LogP contribution in [0, 0.1) is 10.1 Å². The maximum absolute atomic E-state index is 12.1. The first kappa shape index (κ1) is 14.7. The van der Waals surface area contributed by atoms with Crippen molar-refractivity contribution in [1.29, 1.82) is 0 Å². The molecule has 0 bridgehead atoms. The first-order valence-electron chi connectivity index (χ1n) is 4.92. The first-order valence-corrected chi connectivity index (χ1v) is 6.04. The van der Waals surface area contributed by atoms with Crippen LogP contribution in [0.25, 0.3) is 0 Å². The van der Waals surface area contributed by atoms with Gasteiger partial charge in [0.05, 0.1) is 4.92 Å². The minimum Gasteiger partial charge on any atom is -0.405 e. The van der Waals surface area contributed by atoms with Gasteiger partial charge in [0.2, 0.25) is 0 Å². The molecule has 0 unspecified atom stereocenters. The van der Waals surface area contributed by atoms with Crippen molar-refractivity contribution in [3.05, 3.63) is 33.9 Å². The summed E-state index contributed by atoms with van der Waals surface area (Å²) in [5.74, 6) is -0.394. The van der Waals surface area contributed by atoms with Gasteiger partial charge in [-0.15, -0.1) is 13.2 Å². The lowest BCUT2D eigenvalue weighted by molar-refractivity contribution is -0.385. The van der Waals surface area contributed by atoms with E-state index < -0.39 is 17.0 Å². The van der Waals surface area contributed by atoms with E-state index in [0.29, 0.717) is 11.8 Å². The molecule has 0 fully saturated rings. The van der Waals surface area contributed by atoms with E-state index in [1.807, 2.05) is 0 Å². The summed E-state index contributed by atoms with van der Waals surface area (Å²) in [6.07, 6.45) is -3.99. The second kappa shape index (κ2) is 6.03. The summed E-state index contributed by atoms with van der Waals surface area (Å²) in [5, 5.41) is 11.1. The van der Waals surface area contributed by atoms with Crippen LogP contribution in [0.1, 0.15) is 12.0 Å². The van der Waals surface area contributed by atoms with Crippen LogP contribution in [0.15, 0.2) is 18.2 Å². The Morgan fingerprint density at radius 3 is 2.56 bits per heavy atom. The number of ether oxygens (including phenoxy) is 1. The second-order valence-corrected chi connectivity index (χ2v) is 4.18. The number of aryl methyl sites for hydroxylation is 1. The zero-order valence-electron chi connectivity index (χ0n) is 9.04. The number of hydrogen-bond acceptors (Lipinski definition) is 3. The molecule has 0 saturated heterocycles. The fourth-order valence-electron chi connectivity index (χ4n) is 1.36. The zero-order valence-corrected chi connectivity index (χ0v) is 10.6. The minimum absolute atomic E-state index is 0.168. The average molecular weight is 328 g/mol. The van der Waals surface area contributed by atoms with Crippen LogP contribution in [0.3, 0.4) is 0 Å². The number of non-ortho nitro benzene ring substituents is 1. The van der Waals surface area contributed by atoms with Crippen molar-refractivity contribution in [2.75, 3.05) is 5.33 Å². The number of nitro groups is 1. The quantitative estimate of drug-likeness (QED) is 0.469. The molecule has 1 aromatic carbocycles. The highest BCUT2D eigenvalue weighted by atomic mass is 79.9. The fraction of sp³-hybridized carbons (Fsp3) is 0.400. The molecule has 0 aliphatic rings. The third-order valence-corrected chi connectivity index (χ3v) is 2.62. The van der Waals surface area contributed by atoms with Crippen LogP contribution < -0.4 is 4.74 Å². The summed E-state index contributed by atoms with van der Waals surface area (Å²) in [6, 6.07) is 3.05. The molecule has 0 amide bonds. The van der Waals surface area contributed by atoms with Crippen LogP contribution in [-0.4, -0.2) is 16.6 Å². The van der Waals surface area contributed by atoms with Gasteiger partial charge < -0.3 is 4.74 Å². The number of benzene rings is 1. The van der Waals surface area contributed by atoms with Gasteiger partial charge in [-0.1, -0.05) is 15.9 Å². The van der Waals surface area contributed by atoms with Gasteiger partial charge in [-0.3, -0.25) is 10.1 Å². The van der Waals surface area contributed by atoms with Gasteiger partial charge in [0, 0.05) is 23.0 Å². The molecular weight excluding hydrogens is 319 g/mol. The summed E-state index contributed by atoms with van der Waals surface area (Å²) in [5.41, 5.74) is -0.0879. The van der Waals surface area contributed by atoms with Gasteiger partial charge in [-0.05, 0) is 18.9 Å². The molecule has 100 valence electrons. The molecule has 0 aliphatic heterocycles. The summed E-state index contributed by atoms with van der Waals surface area (Å²) < 4.78 is 40.2. The first-order chi connectivity index (χ1) is 8.33. The SMILES string of the molecule is O=[N+]([O-])c1ccc(OC(F)(F)F)c(CCCBr)c1. The maximum atomic E-state index is 12.1. The minimum atomic E-state index is -4.81. The van der Waals surface area contributed by atoms with Crippen molar-refractivity contribution in [3.63, 3.8) is 0 Å². The molecule has 8 heteroatoms. The molecule has 0 aliphatic carbocycles. The van der Waals surface area contributed by atoms with Crippen molar-refractivity contribution < 1.29 is 22.8 Å². The van der Waals surface area contributed by atoms with Crippen LogP contribution in [0.4, 0.5) is 18.9 Å². The van der Waals surface area contributed by atoms with E-state index in [1.54, 1.807) is 0 Å². The van der Waals surface area contributed by atoms with Crippen molar-refractivity contribution in [3.8, 4) is 5.75 Å². The van der Waals surface area contributed by atoms with Crippen LogP contribution in [0.2, 0.25) is 0 Å². The summed E-state index contributed by atoms with van der Waals surface area (Å²) in [4.78, 5) is 9.90. The number of alkyl halides is 4. The lowest BCUT2D eigenvalue weighted by Gasteiger charge is -2.12. The van der Waals surface area contributed by atoms with Gasteiger partial charge in [-0.25, -0.2) is 0 Å². The number of rotatable bonds is 5. The maximum Gasteiger partial charge on any atom is 0.573 e. The van der Waals surface area contributed by atoms with Crippen molar-refractivity contribution >= 4 is 21.6 Å². The van der Waals surface area contributed by atoms with E-state index in [4.69, 9.17) is 0 Å². The van der Waals surface area contributed by atoms with Crippen molar-refractivity contribution in [1.82, 2.24) is 0 Å². The Balaban J connectivity index is 3.04. The average Bonchev–Trinajstić information content (AvgIpc) is 2.25. The van der Waals surface area contributed by atoms with Crippen molar-refractivity contribution in [2.45, 2.75) is 19.2 Å². The summed E-state index contributed by atoms with van der Waals surface area (Å²) >= 11 is 3.14. The molecule has 0 saturated carbocycles. The highest BCUT2D eigenvalue weighted by molar-refractivity contribution is 9.09. The smallest absolute Gasteiger partial charge is 0.405 e. The van der Waals surface area contributed by atoms with E-state index >= 15 is 0 Å². The Labute approximate surface area is 109 Å². The Bertz CT molecular complexity index is 437. The van der Waals surface area contributed by atoms with Crippen LogP contribution >= 0.6 is 15.9 Å². The molecule has 1 rings (SSSR count). The number of nitrogens with zero attached hydrogens (tertiary/aromatic N) is 1. The van der Waals surface area contributed by atoms with Gasteiger partial charge in [0.25, 0.3) is 5.69 Å². The fourth-order valence-corrected chi connectivity index (χ4v) is 1.64. The van der Waals surface area contributed by atoms with Crippen LogP contribution in [0.5, 0.6) is 5.75 Å². The molecule has 0 radical (unpaired) electrons. The molecule has 0 heterocycles. The predicted molar refractivity (Wildman–Crippen MR) is 61.9 cm³/mol. The zero-order chi connectivity index (χ0) is 13.8. The number of halogens is 4. The normalized spacial score (nSPS) is 11.3. The van der Waals surface area contributed by atoms with E-state index in [2.05, 4.69) is 20.7 Å². The summed E-state index contributed by atoms with van der Waals surface area (Å²) in [6.45, 7) is 0. The molecular formula is C10H9BrF3NO3. The molecule has 0 aromatic heterocycles. The Morgan fingerprint density at radius 2 is 2.06 bits per heavy atom. The monoisotopic (exact) mass is 327 g/mol. The lowest BCUT2D eigenvalue weighted by Crippen LogP contribution is -2.18. The third kappa shape index (κ3) is 4.52. The molecule has 18 heavy (non-hydrogen) atoms. The van der Waals surface area contributed by atoms with Crippen molar-refractivity contribution in [2.24, 2.45) is 0 Å². The molecule has 0 spiro atoms. The van der Waals surface area contributed by atoms with Gasteiger partial charge in [-0.2, -0.15) is 0 Å². The topological polar surface area (TPSA) is 52.4 Å². The van der Waals surface area contributed by atoms with E-state index in [1.165, 1.54) is 0 Å². The van der Waals surface area contributed by atoms with E-state index in [0.717, 1.165) is 18.2 Å².